The van der Waals surface area contributed by atoms with Crippen molar-refractivity contribution in [1.82, 2.24) is 20.9 Å². The molecule has 1 aromatic heterocycles. The van der Waals surface area contributed by atoms with E-state index < -0.39 is 0 Å². The van der Waals surface area contributed by atoms with Gasteiger partial charge in [0.15, 0.2) is 11.7 Å². The number of morpholine rings is 1. The Hall–Kier alpha value is -2.06. The van der Waals surface area contributed by atoms with Gasteiger partial charge in [-0.2, -0.15) is 0 Å². The number of guanidine groups is 1. The van der Waals surface area contributed by atoms with Crippen molar-refractivity contribution < 1.29 is 13.9 Å². The molecule has 3 rings (SSSR count). The van der Waals surface area contributed by atoms with Crippen molar-refractivity contribution in [2.24, 2.45) is 4.99 Å². The van der Waals surface area contributed by atoms with E-state index in [1.54, 1.807) is 13.1 Å². The molecule has 2 fully saturated rings. The van der Waals surface area contributed by atoms with Gasteiger partial charge in [-0.15, -0.1) is 0 Å². The summed E-state index contributed by atoms with van der Waals surface area (Å²) in [5.74, 6) is 1.05. The summed E-state index contributed by atoms with van der Waals surface area (Å²) in [6.45, 7) is 7.79. The van der Waals surface area contributed by atoms with Gasteiger partial charge in [-0.25, -0.2) is 0 Å². The lowest BCUT2D eigenvalue weighted by Gasteiger charge is -2.48. The third-order valence-corrected chi connectivity index (χ3v) is 6.27. The van der Waals surface area contributed by atoms with E-state index >= 15 is 0 Å². The largest absolute Gasteiger partial charge is 0.459 e. The average molecular weight is 420 g/mol. The molecule has 30 heavy (non-hydrogen) atoms. The second kappa shape index (κ2) is 11.4. The lowest BCUT2D eigenvalue weighted by Crippen LogP contribution is -2.60. The van der Waals surface area contributed by atoms with E-state index in [1.165, 1.54) is 38.4 Å². The van der Waals surface area contributed by atoms with Crippen LogP contribution in [0, 0.1) is 6.92 Å². The summed E-state index contributed by atoms with van der Waals surface area (Å²) in [6, 6.07) is 1.79. The van der Waals surface area contributed by atoms with Crippen LogP contribution < -0.4 is 16.0 Å². The summed E-state index contributed by atoms with van der Waals surface area (Å²) >= 11 is 0. The normalized spacial score (nSPS) is 20.0. The number of ether oxygens (including phenoxy) is 1. The van der Waals surface area contributed by atoms with E-state index in [-0.39, 0.29) is 11.4 Å². The number of nitrogens with one attached hydrogen (secondary N) is 3. The molecule has 1 aliphatic carbocycles. The molecule has 1 saturated carbocycles. The third kappa shape index (κ3) is 5.98. The van der Waals surface area contributed by atoms with Crippen molar-refractivity contribution >= 4 is 11.9 Å². The van der Waals surface area contributed by atoms with Crippen molar-refractivity contribution in [3.8, 4) is 0 Å². The molecule has 0 bridgehead atoms. The SMILES string of the molecule is CN=C(NCCCNC(=O)c1occc1C)NCC1(N2CCOCC2)CCCCC1. The second-order valence-corrected chi connectivity index (χ2v) is 8.28. The number of hydrogen-bond acceptors (Lipinski definition) is 5. The number of carbonyl (C=O) groups is 1. The van der Waals surface area contributed by atoms with Gasteiger partial charge in [-0.05, 0) is 32.3 Å². The van der Waals surface area contributed by atoms with Crippen molar-refractivity contribution in [3.05, 3.63) is 23.7 Å². The number of hydrogen-bond donors (Lipinski definition) is 3. The molecule has 8 nitrogen and oxygen atoms in total. The Bertz CT molecular complexity index is 691. The summed E-state index contributed by atoms with van der Waals surface area (Å²) in [4.78, 5) is 19.1. The molecule has 168 valence electrons. The smallest absolute Gasteiger partial charge is 0.287 e. The minimum Gasteiger partial charge on any atom is -0.459 e. The van der Waals surface area contributed by atoms with E-state index in [0.29, 0.717) is 12.3 Å². The van der Waals surface area contributed by atoms with Crippen LogP contribution in [0.4, 0.5) is 0 Å². The van der Waals surface area contributed by atoms with Crippen LogP contribution in [0.15, 0.2) is 21.7 Å². The van der Waals surface area contributed by atoms with Crippen LogP contribution in [0.5, 0.6) is 0 Å². The zero-order valence-corrected chi connectivity index (χ0v) is 18.5. The number of aliphatic imine (C=N–C) groups is 1. The lowest BCUT2D eigenvalue weighted by atomic mass is 9.80. The van der Waals surface area contributed by atoms with E-state index in [4.69, 9.17) is 9.15 Å². The Kier molecular flexibility index (Phi) is 8.57. The molecule has 0 aromatic carbocycles. The van der Waals surface area contributed by atoms with Gasteiger partial charge in [0.05, 0.1) is 19.5 Å². The monoisotopic (exact) mass is 419 g/mol. The highest BCUT2D eigenvalue weighted by Crippen LogP contribution is 2.33. The first-order valence-corrected chi connectivity index (χ1v) is 11.2. The van der Waals surface area contributed by atoms with E-state index in [0.717, 1.165) is 57.3 Å². The highest BCUT2D eigenvalue weighted by Gasteiger charge is 2.38. The predicted molar refractivity (Wildman–Crippen MR) is 118 cm³/mol. The van der Waals surface area contributed by atoms with Gasteiger partial charge in [-0.1, -0.05) is 19.3 Å². The predicted octanol–water partition coefficient (Wildman–Crippen LogP) is 1.91. The molecule has 0 atom stereocenters. The van der Waals surface area contributed by atoms with Crippen LogP contribution in [0.2, 0.25) is 0 Å². The molecule has 0 unspecified atom stereocenters. The van der Waals surface area contributed by atoms with Gasteiger partial charge < -0.3 is 25.1 Å². The third-order valence-electron chi connectivity index (χ3n) is 6.27. The van der Waals surface area contributed by atoms with E-state index in [1.807, 2.05) is 6.92 Å². The number of nitrogens with zero attached hydrogens (tertiary/aromatic N) is 2. The summed E-state index contributed by atoms with van der Waals surface area (Å²) in [5, 5.41) is 9.83. The fourth-order valence-electron chi connectivity index (χ4n) is 4.50. The quantitative estimate of drug-likeness (QED) is 0.339. The van der Waals surface area contributed by atoms with Gasteiger partial charge in [0, 0.05) is 50.9 Å². The van der Waals surface area contributed by atoms with Crippen LogP contribution in [0.25, 0.3) is 0 Å². The van der Waals surface area contributed by atoms with Gasteiger partial charge >= 0.3 is 0 Å². The molecule has 2 aliphatic rings. The molecule has 3 N–H and O–H groups in total. The summed E-state index contributed by atoms with van der Waals surface area (Å²) in [5.41, 5.74) is 1.06. The number of carbonyl (C=O) groups excluding carboxylic acids is 1. The number of amides is 1. The van der Waals surface area contributed by atoms with Crippen LogP contribution in [0.1, 0.15) is 54.6 Å². The van der Waals surface area contributed by atoms with Crippen LogP contribution >= 0.6 is 0 Å². The van der Waals surface area contributed by atoms with E-state index in [9.17, 15) is 4.79 Å². The van der Waals surface area contributed by atoms with Gasteiger partial charge in [0.2, 0.25) is 0 Å². The van der Waals surface area contributed by atoms with Gasteiger partial charge in [0.25, 0.3) is 5.91 Å². The standard InChI is InChI=1S/C22H37N5O3/c1-18-7-14-30-19(18)20(28)24-10-6-11-25-21(23-2)26-17-22(8-4-3-5-9-22)27-12-15-29-16-13-27/h7,14H,3-6,8-13,15-17H2,1-2H3,(H,24,28)(H2,23,25,26). The Labute approximate surface area is 179 Å². The average Bonchev–Trinajstić information content (AvgIpc) is 3.22. The fraction of sp³-hybridized carbons (Fsp3) is 0.727. The first-order valence-electron chi connectivity index (χ1n) is 11.2. The van der Waals surface area contributed by atoms with Crippen LogP contribution in [-0.4, -0.2) is 75.3 Å². The van der Waals surface area contributed by atoms with Crippen molar-refractivity contribution in [3.63, 3.8) is 0 Å². The molecular weight excluding hydrogens is 382 g/mol. The Morgan fingerprint density at radius 1 is 1.13 bits per heavy atom. The van der Waals surface area contributed by atoms with E-state index in [2.05, 4.69) is 25.8 Å². The highest BCUT2D eigenvalue weighted by molar-refractivity contribution is 5.92. The maximum Gasteiger partial charge on any atom is 0.287 e. The summed E-state index contributed by atoms with van der Waals surface area (Å²) in [6.07, 6.45) is 8.73. The molecule has 8 heteroatoms. The van der Waals surface area contributed by atoms with Gasteiger partial charge in [-0.3, -0.25) is 14.7 Å². The summed E-state index contributed by atoms with van der Waals surface area (Å²) in [7, 11) is 1.80. The number of rotatable bonds is 8. The first kappa shape index (κ1) is 22.6. The van der Waals surface area contributed by atoms with Crippen molar-refractivity contribution in [2.45, 2.75) is 51.0 Å². The Balaban J connectivity index is 1.40. The molecule has 0 spiro atoms. The maximum absolute atomic E-state index is 12.1. The molecular formula is C22H37N5O3. The second-order valence-electron chi connectivity index (χ2n) is 8.28. The number of furan rings is 1. The highest BCUT2D eigenvalue weighted by atomic mass is 16.5. The Morgan fingerprint density at radius 2 is 1.87 bits per heavy atom. The van der Waals surface area contributed by atoms with Crippen LogP contribution in [-0.2, 0) is 4.74 Å². The molecule has 2 heterocycles. The lowest BCUT2D eigenvalue weighted by molar-refractivity contribution is -0.0352. The summed E-state index contributed by atoms with van der Waals surface area (Å²) < 4.78 is 10.8. The Morgan fingerprint density at radius 3 is 2.53 bits per heavy atom. The molecule has 1 amide bonds. The maximum atomic E-state index is 12.1. The molecule has 1 aromatic rings. The molecule has 1 saturated heterocycles. The van der Waals surface area contributed by atoms with Gasteiger partial charge in [0.1, 0.15) is 0 Å². The zero-order valence-electron chi connectivity index (χ0n) is 18.5. The fourth-order valence-corrected chi connectivity index (χ4v) is 4.50. The molecule has 0 radical (unpaired) electrons. The minimum atomic E-state index is -0.162. The van der Waals surface area contributed by atoms with Crippen LogP contribution in [0.3, 0.4) is 0 Å². The zero-order chi connectivity index (χ0) is 21.2. The van der Waals surface area contributed by atoms with Crippen molar-refractivity contribution in [1.29, 1.82) is 0 Å². The molecule has 1 aliphatic heterocycles. The minimum absolute atomic E-state index is 0.162. The first-order chi connectivity index (χ1) is 14.6. The topological polar surface area (TPSA) is 91.1 Å². The number of aryl methyl sites for hydroxylation is 1. The van der Waals surface area contributed by atoms with Crippen molar-refractivity contribution in [2.75, 3.05) is 53.0 Å².